The summed E-state index contributed by atoms with van der Waals surface area (Å²) < 4.78 is 6.09. The number of ether oxygens (including phenoxy) is 1. The Morgan fingerprint density at radius 2 is 1.87 bits per heavy atom. The van der Waals surface area contributed by atoms with Gasteiger partial charge >= 0.3 is 5.97 Å². The predicted molar refractivity (Wildman–Crippen MR) is 113 cm³/mol. The summed E-state index contributed by atoms with van der Waals surface area (Å²) in [6.07, 6.45) is 5.18. The third-order valence-corrected chi connectivity index (χ3v) is 7.26. The SMILES string of the molecule is CN1CC[C@]23c4c5ccc(O)c4O[C@H]2[C@@H](O)C=C[C@H]3[C@H]1C5.O=C(O)c1ccc(O)cc1. The highest BCUT2D eigenvalue weighted by Crippen LogP contribution is 2.62. The van der Waals surface area contributed by atoms with Gasteiger partial charge in [-0.2, -0.15) is 0 Å². The Balaban J connectivity index is 0.000000174. The fourth-order valence-electron chi connectivity index (χ4n) is 5.84. The standard InChI is InChI=1S/C17H19NO3.C7H6O3/c1-18-7-6-17-10-3-5-13(20)16(17)21-15-12(19)4-2-9(14(15)17)8-11(10)18;8-6-3-1-5(2-4-6)7(9)10/h2-5,10-11,13,16,19-20H,6-8H2,1H3;1-4,8H,(H,9,10)/t10-,11+,13-,16-,17-;/m0./s1. The third-order valence-electron chi connectivity index (χ3n) is 7.26. The van der Waals surface area contributed by atoms with Gasteiger partial charge in [0.25, 0.3) is 0 Å². The Labute approximate surface area is 179 Å². The minimum Gasteiger partial charge on any atom is -0.508 e. The van der Waals surface area contributed by atoms with Crippen LogP contribution in [-0.2, 0) is 11.8 Å². The van der Waals surface area contributed by atoms with Crippen LogP contribution in [-0.4, -0.2) is 63.1 Å². The minimum absolute atomic E-state index is 0.0741. The van der Waals surface area contributed by atoms with E-state index in [-0.39, 0.29) is 28.6 Å². The summed E-state index contributed by atoms with van der Waals surface area (Å²) in [5, 5.41) is 37.8. The van der Waals surface area contributed by atoms with Crippen LogP contribution >= 0.6 is 0 Å². The van der Waals surface area contributed by atoms with E-state index < -0.39 is 12.1 Å². The van der Waals surface area contributed by atoms with Crippen LogP contribution < -0.4 is 4.74 Å². The molecule has 5 atom stereocenters. The maximum absolute atomic E-state index is 10.4. The Morgan fingerprint density at radius 3 is 2.58 bits per heavy atom. The number of phenols is 2. The Morgan fingerprint density at radius 1 is 1.13 bits per heavy atom. The quantitative estimate of drug-likeness (QED) is 0.521. The Kier molecular flexibility index (Phi) is 4.50. The van der Waals surface area contributed by atoms with Gasteiger partial charge in [0.2, 0.25) is 0 Å². The van der Waals surface area contributed by atoms with E-state index in [0.717, 1.165) is 19.4 Å². The number of hydrogen-bond donors (Lipinski definition) is 4. The molecule has 1 spiro atoms. The van der Waals surface area contributed by atoms with Gasteiger partial charge in [-0.05, 0) is 62.3 Å². The molecule has 0 unspecified atom stereocenters. The van der Waals surface area contributed by atoms with Crippen molar-refractivity contribution in [2.75, 3.05) is 13.6 Å². The van der Waals surface area contributed by atoms with E-state index >= 15 is 0 Å². The van der Waals surface area contributed by atoms with Crippen molar-refractivity contribution in [2.24, 2.45) is 5.92 Å². The van der Waals surface area contributed by atoms with Crippen molar-refractivity contribution in [3.05, 3.63) is 65.2 Å². The van der Waals surface area contributed by atoms with Crippen LogP contribution in [0.4, 0.5) is 0 Å². The van der Waals surface area contributed by atoms with Crippen LogP contribution in [0, 0.1) is 5.92 Å². The first kappa shape index (κ1) is 19.9. The van der Waals surface area contributed by atoms with Gasteiger partial charge < -0.3 is 30.1 Å². The van der Waals surface area contributed by atoms with Crippen molar-refractivity contribution in [3.8, 4) is 17.2 Å². The molecule has 31 heavy (non-hydrogen) atoms. The lowest BCUT2D eigenvalue weighted by Crippen LogP contribution is -2.64. The molecule has 0 saturated carbocycles. The fraction of sp³-hybridized carbons (Fsp3) is 0.375. The van der Waals surface area contributed by atoms with E-state index in [1.807, 2.05) is 12.1 Å². The molecule has 2 bridgehead atoms. The summed E-state index contributed by atoms with van der Waals surface area (Å²) in [5.41, 5.74) is 2.47. The van der Waals surface area contributed by atoms with Gasteiger partial charge in [-0.15, -0.1) is 0 Å². The van der Waals surface area contributed by atoms with Crippen molar-refractivity contribution in [1.82, 2.24) is 4.90 Å². The van der Waals surface area contributed by atoms with Gasteiger partial charge in [0, 0.05) is 22.9 Å². The van der Waals surface area contributed by atoms with E-state index in [4.69, 9.17) is 14.9 Å². The second kappa shape index (κ2) is 7.00. The highest BCUT2D eigenvalue weighted by Gasteiger charge is 2.64. The van der Waals surface area contributed by atoms with E-state index in [2.05, 4.69) is 18.0 Å². The molecule has 2 heterocycles. The molecule has 162 valence electrons. The maximum Gasteiger partial charge on any atom is 0.335 e. The van der Waals surface area contributed by atoms with Crippen LogP contribution in [0.5, 0.6) is 17.2 Å². The topological polar surface area (TPSA) is 110 Å². The summed E-state index contributed by atoms with van der Waals surface area (Å²) >= 11 is 0. The molecule has 0 aromatic heterocycles. The van der Waals surface area contributed by atoms with Gasteiger partial charge in [-0.1, -0.05) is 18.2 Å². The first-order chi connectivity index (χ1) is 14.8. The monoisotopic (exact) mass is 423 g/mol. The third kappa shape index (κ3) is 2.84. The molecule has 0 radical (unpaired) electrons. The number of likely N-dealkylation sites (N-methyl/N-ethyl adjacent to an activating group) is 1. The normalized spacial score (nSPS) is 31.8. The van der Waals surface area contributed by atoms with Crippen molar-refractivity contribution < 1.29 is 30.0 Å². The zero-order chi connectivity index (χ0) is 21.9. The molecule has 1 saturated heterocycles. The Hall–Kier alpha value is -3.03. The maximum atomic E-state index is 10.4. The number of hydrogen-bond acceptors (Lipinski definition) is 6. The van der Waals surface area contributed by atoms with Crippen molar-refractivity contribution >= 4 is 5.97 Å². The number of likely N-dealkylation sites (tertiary alicyclic amines) is 1. The summed E-state index contributed by atoms with van der Waals surface area (Å²) in [4.78, 5) is 12.7. The molecule has 2 aliphatic carbocycles. The number of nitrogens with zero attached hydrogens (tertiary/aromatic N) is 1. The number of aromatic carboxylic acids is 1. The number of carbonyl (C=O) groups is 1. The number of aromatic hydroxyl groups is 2. The smallest absolute Gasteiger partial charge is 0.335 e. The van der Waals surface area contributed by atoms with Crippen molar-refractivity contribution in [2.45, 2.75) is 36.5 Å². The average molecular weight is 423 g/mol. The summed E-state index contributed by atoms with van der Waals surface area (Å²) in [7, 11) is 2.19. The largest absolute Gasteiger partial charge is 0.508 e. The molecule has 0 amide bonds. The number of rotatable bonds is 1. The van der Waals surface area contributed by atoms with Gasteiger partial charge in [-0.25, -0.2) is 4.79 Å². The van der Waals surface area contributed by atoms with Crippen LogP contribution in [0.3, 0.4) is 0 Å². The second-order valence-corrected chi connectivity index (χ2v) is 8.78. The molecule has 4 N–H and O–H groups in total. The van der Waals surface area contributed by atoms with Crippen LogP contribution in [0.2, 0.25) is 0 Å². The fourth-order valence-corrected chi connectivity index (χ4v) is 5.84. The first-order valence-electron chi connectivity index (χ1n) is 10.4. The number of carboxylic acid groups (broad SMARTS) is 1. The number of benzene rings is 2. The molecule has 2 aromatic carbocycles. The molecule has 2 aromatic rings. The predicted octanol–water partition coefficient (Wildman–Crippen LogP) is 2.29. The van der Waals surface area contributed by atoms with Gasteiger partial charge in [0.05, 0.1) is 5.56 Å². The highest BCUT2D eigenvalue weighted by atomic mass is 16.5. The summed E-state index contributed by atoms with van der Waals surface area (Å²) in [6, 6.07) is 9.59. The number of carboxylic acids is 1. The van der Waals surface area contributed by atoms with Gasteiger partial charge in [0.15, 0.2) is 11.5 Å². The lowest BCUT2D eigenvalue weighted by molar-refractivity contribution is -0.0453. The van der Waals surface area contributed by atoms with Crippen LogP contribution in [0.1, 0.15) is 27.9 Å². The highest BCUT2D eigenvalue weighted by molar-refractivity contribution is 5.87. The van der Waals surface area contributed by atoms with Crippen molar-refractivity contribution in [1.29, 1.82) is 0 Å². The van der Waals surface area contributed by atoms with E-state index in [9.17, 15) is 15.0 Å². The molecule has 7 nitrogen and oxygen atoms in total. The van der Waals surface area contributed by atoms with Crippen molar-refractivity contribution in [3.63, 3.8) is 0 Å². The number of phenolic OH excluding ortho intramolecular Hbond substituents is 2. The number of aliphatic hydroxyl groups excluding tert-OH is 1. The lowest BCUT2D eigenvalue weighted by Gasteiger charge is -2.56. The summed E-state index contributed by atoms with van der Waals surface area (Å²) in [6.45, 7) is 1.01. The molecular weight excluding hydrogens is 398 g/mol. The van der Waals surface area contributed by atoms with Crippen LogP contribution in [0.15, 0.2) is 48.6 Å². The zero-order valence-electron chi connectivity index (χ0n) is 17.1. The zero-order valence-corrected chi connectivity index (χ0v) is 17.1. The first-order valence-corrected chi connectivity index (χ1v) is 10.4. The summed E-state index contributed by atoms with van der Waals surface area (Å²) in [5.74, 6) is 0.277. The molecule has 7 heteroatoms. The number of aliphatic hydroxyl groups is 1. The molecule has 6 rings (SSSR count). The average Bonchev–Trinajstić information content (AvgIpc) is 3.11. The van der Waals surface area contributed by atoms with Crippen LogP contribution in [0.25, 0.3) is 0 Å². The van der Waals surface area contributed by atoms with E-state index in [0.29, 0.717) is 17.7 Å². The molecule has 1 fully saturated rings. The molecule has 4 aliphatic rings. The number of piperidine rings is 1. The van der Waals surface area contributed by atoms with E-state index in [1.54, 1.807) is 6.07 Å². The second-order valence-electron chi connectivity index (χ2n) is 8.78. The molecule has 2 aliphatic heterocycles. The Bertz CT molecular complexity index is 1060. The molecular formula is C24H25NO6. The minimum atomic E-state index is -0.986. The van der Waals surface area contributed by atoms with Gasteiger partial charge in [0.1, 0.15) is 18.0 Å². The van der Waals surface area contributed by atoms with Gasteiger partial charge in [-0.3, -0.25) is 0 Å². The lowest BCUT2D eigenvalue weighted by atomic mass is 9.53. The van der Waals surface area contributed by atoms with E-state index in [1.165, 1.54) is 35.4 Å².